The van der Waals surface area contributed by atoms with Crippen LogP contribution in [0.3, 0.4) is 0 Å². The number of carbonyl (C=O) groups is 2. The van der Waals surface area contributed by atoms with Gasteiger partial charge in [0.15, 0.2) is 11.5 Å². The number of rotatable bonds is 4. The van der Waals surface area contributed by atoms with Gasteiger partial charge in [0.25, 0.3) is 0 Å². The minimum Gasteiger partial charge on any atom is -0.454 e. The van der Waals surface area contributed by atoms with E-state index >= 15 is 0 Å². The van der Waals surface area contributed by atoms with Gasteiger partial charge >= 0.3 is 0 Å². The molecule has 2 aromatic carbocycles. The Balaban J connectivity index is 1.26. The first-order chi connectivity index (χ1) is 13.7. The fourth-order valence-corrected chi connectivity index (χ4v) is 3.67. The highest BCUT2D eigenvalue weighted by Gasteiger charge is 2.34. The fourth-order valence-electron chi connectivity index (χ4n) is 3.67. The first-order valence-corrected chi connectivity index (χ1v) is 9.15. The second kappa shape index (κ2) is 6.63. The largest absolute Gasteiger partial charge is 0.454 e. The summed E-state index contributed by atoms with van der Waals surface area (Å²) in [5, 5.41) is 2.86. The van der Waals surface area contributed by atoms with Crippen molar-refractivity contribution in [1.29, 1.82) is 0 Å². The van der Waals surface area contributed by atoms with E-state index in [0.717, 1.165) is 12.0 Å². The lowest BCUT2D eigenvalue weighted by Crippen LogP contribution is -2.43. The van der Waals surface area contributed by atoms with Crippen molar-refractivity contribution < 1.29 is 28.2 Å². The molecule has 2 aliphatic rings. The van der Waals surface area contributed by atoms with E-state index in [2.05, 4.69) is 5.32 Å². The zero-order valence-corrected chi connectivity index (χ0v) is 15.0. The van der Waals surface area contributed by atoms with Crippen LogP contribution in [0.4, 0.5) is 5.69 Å². The van der Waals surface area contributed by atoms with E-state index in [1.165, 1.54) is 0 Å². The number of anilines is 1. The maximum atomic E-state index is 12.8. The summed E-state index contributed by atoms with van der Waals surface area (Å²) in [6, 6.07) is 10.2. The third-order valence-electron chi connectivity index (χ3n) is 5.10. The smallest absolute Gasteiger partial charge is 0.247 e. The van der Waals surface area contributed by atoms with E-state index in [1.54, 1.807) is 29.2 Å². The monoisotopic (exact) mass is 382 g/mol. The van der Waals surface area contributed by atoms with Crippen LogP contribution in [-0.2, 0) is 16.0 Å². The second-order valence-electron chi connectivity index (χ2n) is 6.93. The molecule has 0 saturated carbocycles. The number of benzene rings is 2. The highest BCUT2D eigenvalue weighted by molar-refractivity contribution is 5.98. The molecule has 0 radical (unpaired) electrons. The Morgan fingerprint density at radius 3 is 2.71 bits per heavy atom. The highest BCUT2D eigenvalue weighted by atomic mass is 17.0. The zero-order valence-electron chi connectivity index (χ0n) is 15.0. The molecule has 1 unspecified atom stereocenters. The van der Waals surface area contributed by atoms with Crippen LogP contribution in [0.15, 0.2) is 45.6 Å². The lowest BCUT2D eigenvalue weighted by molar-refractivity contribution is -0.136. The third kappa shape index (κ3) is 2.96. The quantitative estimate of drug-likeness (QED) is 0.698. The van der Waals surface area contributed by atoms with E-state index in [1.807, 2.05) is 12.1 Å². The summed E-state index contributed by atoms with van der Waals surface area (Å²) < 4.78 is 20.3. The molecule has 0 bridgehead atoms. The van der Waals surface area contributed by atoms with E-state index < -0.39 is 6.04 Å². The summed E-state index contributed by atoms with van der Waals surface area (Å²) in [5.41, 5.74) is 2.67. The van der Waals surface area contributed by atoms with Gasteiger partial charge in [0.05, 0.1) is 6.42 Å². The molecule has 3 aromatic rings. The van der Waals surface area contributed by atoms with E-state index in [4.69, 9.17) is 18.6 Å². The van der Waals surface area contributed by atoms with Gasteiger partial charge in [-0.05, 0) is 42.7 Å². The molecular formula is C20H18N2O6. The number of nitrogens with one attached hydrogen (secondary N) is 1. The molecule has 1 N–H and O–H groups in total. The zero-order chi connectivity index (χ0) is 19.1. The Kier molecular flexibility index (Phi) is 3.96. The van der Waals surface area contributed by atoms with Crippen molar-refractivity contribution in [2.45, 2.75) is 25.3 Å². The van der Waals surface area contributed by atoms with Gasteiger partial charge in [-0.1, -0.05) is 6.07 Å². The molecule has 0 aliphatic carbocycles. The third-order valence-corrected chi connectivity index (χ3v) is 5.10. The van der Waals surface area contributed by atoms with Gasteiger partial charge in [-0.3, -0.25) is 18.7 Å². The minimum atomic E-state index is -0.482. The number of fused-ring (bicyclic) bond motifs is 2. The van der Waals surface area contributed by atoms with Crippen LogP contribution in [0.1, 0.15) is 18.4 Å². The Morgan fingerprint density at radius 2 is 1.89 bits per heavy atom. The molecule has 2 amide bonds. The van der Waals surface area contributed by atoms with Gasteiger partial charge in [-0.15, -0.1) is 0 Å². The molecule has 28 heavy (non-hydrogen) atoms. The van der Waals surface area contributed by atoms with Gasteiger partial charge in [-0.2, -0.15) is 0 Å². The molecular weight excluding hydrogens is 364 g/mol. The lowest BCUT2D eigenvalue weighted by atomic mass is 10.1. The molecule has 0 spiro atoms. The number of likely N-dealkylation sites (tertiary alicyclic amines) is 1. The van der Waals surface area contributed by atoms with Crippen molar-refractivity contribution in [1.82, 2.24) is 4.90 Å². The molecule has 8 nitrogen and oxygen atoms in total. The lowest BCUT2D eigenvalue weighted by Gasteiger charge is -2.24. The van der Waals surface area contributed by atoms with Crippen molar-refractivity contribution in [2.24, 2.45) is 0 Å². The number of carbonyl (C=O) groups excluding carboxylic acids is 2. The first kappa shape index (κ1) is 16.7. The van der Waals surface area contributed by atoms with Crippen LogP contribution < -0.4 is 14.8 Å². The summed E-state index contributed by atoms with van der Waals surface area (Å²) in [6.45, 7) is 0.767. The SMILES string of the molecule is O=C(Nc1ccc2ooc2c1)C1CCCN1C(=O)Cc1ccc2c(c1)OCO2. The normalized spacial score (nSPS) is 18.0. The van der Waals surface area contributed by atoms with Gasteiger partial charge in [0.1, 0.15) is 6.04 Å². The highest BCUT2D eigenvalue weighted by Crippen LogP contribution is 2.33. The van der Waals surface area contributed by atoms with Crippen LogP contribution in [0.5, 0.6) is 11.5 Å². The van der Waals surface area contributed by atoms with Gasteiger partial charge in [0, 0.05) is 18.3 Å². The summed E-state index contributed by atoms with van der Waals surface area (Å²) in [5.74, 6) is 1.05. The number of hydrogen-bond donors (Lipinski definition) is 1. The van der Waals surface area contributed by atoms with Crippen LogP contribution in [0.2, 0.25) is 0 Å². The van der Waals surface area contributed by atoms with Crippen molar-refractivity contribution in [3.63, 3.8) is 0 Å². The summed E-state index contributed by atoms with van der Waals surface area (Å²) in [4.78, 5) is 27.2. The topological polar surface area (TPSA) is 94.2 Å². The van der Waals surface area contributed by atoms with Gasteiger partial charge < -0.3 is 19.7 Å². The minimum absolute atomic E-state index is 0.0783. The van der Waals surface area contributed by atoms with E-state index in [9.17, 15) is 9.59 Å². The number of amides is 2. The Bertz CT molecular complexity index is 1050. The van der Waals surface area contributed by atoms with Crippen LogP contribution in [0, 0.1) is 0 Å². The molecule has 1 atom stereocenters. The van der Waals surface area contributed by atoms with E-state index in [-0.39, 0.29) is 25.0 Å². The molecule has 1 fully saturated rings. The number of hydrogen-bond acceptors (Lipinski definition) is 6. The Morgan fingerprint density at radius 1 is 1.04 bits per heavy atom. The summed E-state index contributed by atoms with van der Waals surface area (Å²) >= 11 is 0. The Hall–Kier alpha value is -3.42. The predicted octanol–water partition coefficient (Wildman–Crippen LogP) is 2.93. The average Bonchev–Trinajstić information content (AvgIpc) is 3.32. The summed E-state index contributed by atoms with van der Waals surface area (Å²) in [7, 11) is 0. The van der Waals surface area contributed by atoms with Gasteiger partial charge in [0.2, 0.25) is 29.8 Å². The molecule has 2 aliphatic heterocycles. The molecule has 1 saturated heterocycles. The van der Waals surface area contributed by atoms with Crippen molar-refractivity contribution in [3.05, 3.63) is 42.0 Å². The second-order valence-corrected chi connectivity index (χ2v) is 6.93. The molecule has 5 rings (SSSR count). The van der Waals surface area contributed by atoms with Crippen molar-refractivity contribution >= 4 is 28.7 Å². The van der Waals surface area contributed by atoms with Gasteiger partial charge in [-0.25, -0.2) is 0 Å². The Labute approximate surface area is 159 Å². The molecule has 3 heterocycles. The maximum Gasteiger partial charge on any atom is 0.247 e. The fraction of sp³-hybridized carbons (Fsp3) is 0.300. The van der Waals surface area contributed by atoms with Crippen LogP contribution in [0.25, 0.3) is 11.2 Å². The molecule has 8 heteroatoms. The van der Waals surface area contributed by atoms with E-state index in [0.29, 0.717) is 41.3 Å². The van der Waals surface area contributed by atoms with Crippen molar-refractivity contribution in [2.75, 3.05) is 18.7 Å². The average molecular weight is 382 g/mol. The molecule has 144 valence electrons. The maximum absolute atomic E-state index is 12.8. The summed E-state index contributed by atoms with van der Waals surface area (Å²) in [6.07, 6.45) is 1.65. The van der Waals surface area contributed by atoms with Crippen LogP contribution >= 0.6 is 0 Å². The standard InChI is InChI=1S/C20H18N2O6/c23-19(9-12-3-5-15-17(8-12)26-11-25-15)22-7-1-2-14(22)20(24)21-13-4-6-16-18(10-13)28-27-16/h3-6,8,10,14H,1-2,7,9,11H2,(H,21,24). The molecule has 1 aromatic heterocycles. The van der Waals surface area contributed by atoms with Crippen molar-refractivity contribution in [3.8, 4) is 11.5 Å². The first-order valence-electron chi connectivity index (χ1n) is 9.15. The number of ether oxygens (including phenoxy) is 2. The number of nitrogens with zero attached hydrogens (tertiary/aromatic N) is 1. The predicted molar refractivity (Wildman–Crippen MR) is 98.1 cm³/mol. The van der Waals surface area contributed by atoms with Crippen LogP contribution in [-0.4, -0.2) is 36.1 Å².